The maximum absolute atomic E-state index is 6.34. The summed E-state index contributed by atoms with van der Waals surface area (Å²) in [5, 5.41) is 5.12. The SMILES string of the molecule is Cl.Clc1ccccc1-c1ccc2[nH]c(C3=NOC4(CCCCC4)C3)nc2c1. The van der Waals surface area contributed by atoms with Gasteiger partial charge in [-0.05, 0) is 49.4 Å². The molecule has 2 heterocycles. The molecule has 1 aromatic heterocycles. The number of aromatic nitrogens is 2. The van der Waals surface area contributed by atoms with Crippen LogP contribution in [0, 0.1) is 0 Å². The number of nitrogens with one attached hydrogen (secondary N) is 1. The van der Waals surface area contributed by atoms with Crippen LogP contribution in [0.4, 0.5) is 0 Å². The van der Waals surface area contributed by atoms with Crippen molar-refractivity contribution in [2.75, 3.05) is 0 Å². The lowest BCUT2D eigenvalue weighted by Crippen LogP contribution is -2.31. The van der Waals surface area contributed by atoms with Crippen LogP contribution in [0.5, 0.6) is 0 Å². The number of halogens is 2. The van der Waals surface area contributed by atoms with Crippen LogP contribution in [0.3, 0.4) is 0 Å². The summed E-state index contributed by atoms with van der Waals surface area (Å²) in [7, 11) is 0. The molecule has 27 heavy (non-hydrogen) atoms. The minimum atomic E-state index is -0.0880. The lowest BCUT2D eigenvalue weighted by atomic mass is 9.81. The lowest BCUT2D eigenvalue weighted by Gasteiger charge is -2.30. The summed E-state index contributed by atoms with van der Waals surface area (Å²) in [6.07, 6.45) is 6.79. The fourth-order valence-electron chi connectivity index (χ4n) is 4.12. The van der Waals surface area contributed by atoms with E-state index in [4.69, 9.17) is 21.4 Å². The number of benzene rings is 2. The van der Waals surface area contributed by atoms with Crippen molar-refractivity contribution in [3.05, 3.63) is 53.3 Å². The Morgan fingerprint density at radius 3 is 2.67 bits per heavy atom. The van der Waals surface area contributed by atoms with E-state index < -0.39 is 0 Å². The van der Waals surface area contributed by atoms with E-state index in [1.54, 1.807) is 0 Å². The topological polar surface area (TPSA) is 50.3 Å². The standard InChI is InChI=1S/C21H20ClN3O.ClH/c22-16-7-3-2-6-15(16)14-8-9-17-18(12-14)24-20(23-17)19-13-21(26-25-19)10-4-1-5-11-21;/h2-3,6-9,12H,1,4-5,10-11,13H2,(H,23,24);1H. The van der Waals surface area contributed by atoms with Gasteiger partial charge in [0.2, 0.25) is 0 Å². The highest BCUT2D eigenvalue weighted by atomic mass is 35.5. The molecule has 0 amide bonds. The highest BCUT2D eigenvalue weighted by molar-refractivity contribution is 6.33. The summed E-state index contributed by atoms with van der Waals surface area (Å²) >= 11 is 6.34. The van der Waals surface area contributed by atoms with Crippen LogP contribution >= 0.6 is 24.0 Å². The smallest absolute Gasteiger partial charge is 0.156 e. The Bertz CT molecular complexity index is 1010. The molecular weight excluding hydrogens is 381 g/mol. The van der Waals surface area contributed by atoms with E-state index in [0.717, 1.165) is 58.0 Å². The van der Waals surface area contributed by atoms with Crippen LogP contribution in [-0.2, 0) is 4.84 Å². The summed E-state index contributed by atoms with van der Waals surface area (Å²) in [6.45, 7) is 0. The summed E-state index contributed by atoms with van der Waals surface area (Å²) in [6, 6.07) is 14.1. The largest absolute Gasteiger partial charge is 0.388 e. The molecule has 5 rings (SSSR count). The number of fused-ring (bicyclic) bond motifs is 1. The van der Waals surface area contributed by atoms with Crippen LogP contribution in [-0.4, -0.2) is 21.3 Å². The van der Waals surface area contributed by atoms with E-state index >= 15 is 0 Å². The summed E-state index contributed by atoms with van der Waals surface area (Å²) in [4.78, 5) is 14.0. The van der Waals surface area contributed by atoms with Crippen molar-refractivity contribution >= 4 is 40.8 Å². The Labute approximate surface area is 169 Å². The molecule has 0 bridgehead atoms. The first-order chi connectivity index (χ1) is 12.7. The Hall–Kier alpha value is -2.04. The van der Waals surface area contributed by atoms with E-state index in [2.05, 4.69) is 28.3 Å². The maximum Gasteiger partial charge on any atom is 0.156 e. The highest BCUT2D eigenvalue weighted by Crippen LogP contribution is 2.39. The third kappa shape index (κ3) is 3.32. The number of imidazole rings is 1. The van der Waals surface area contributed by atoms with E-state index in [-0.39, 0.29) is 18.0 Å². The number of nitrogens with zero attached hydrogens (tertiary/aromatic N) is 2. The first-order valence-corrected chi connectivity index (χ1v) is 9.60. The zero-order chi connectivity index (χ0) is 17.6. The molecule has 6 heteroatoms. The molecule has 1 fully saturated rings. The molecule has 140 valence electrons. The number of H-pyrrole nitrogens is 1. The van der Waals surface area contributed by atoms with Crippen molar-refractivity contribution in [2.45, 2.75) is 44.1 Å². The lowest BCUT2D eigenvalue weighted by molar-refractivity contribution is -0.0449. The average molecular weight is 402 g/mol. The summed E-state index contributed by atoms with van der Waals surface area (Å²) < 4.78 is 0. The van der Waals surface area contributed by atoms with Gasteiger partial charge in [-0.15, -0.1) is 12.4 Å². The monoisotopic (exact) mass is 401 g/mol. The predicted molar refractivity (Wildman–Crippen MR) is 112 cm³/mol. The average Bonchev–Trinajstić information content (AvgIpc) is 3.26. The molecule has 4 nitrogen and oxygen atoms in total. The van der Waals surface area contributed by atoms with Crippen molar-refractivity contribution in [2.24, 2.45) is 5.16 Å². The molecule has 1 spiro atoms. The second-order valence-electron chi connectivity index (χ2n) is 7.35. The van der Waals surface area contributed by atoms with E-state index in [9.17, 15) is 0 Å². The van der Waals surface area contributed by atoms with Gasteiger partial charge in [0.15, 0.2) is 5.82 Å². The van der Waals surface area contributed by atoms with Crippen LogP contribution < -0.4 is 0 Å². The molecule has 2 aliphatic rings. The normalized spacial score (nSPS) is 18.2. The molecule has 2 aromatic carbocycles. The molecule has 1 saturated carbocycles. The van der Waals surface area contributed by atoms with Crippen LogP contribution in [0.25, 0.3) is 22.2 Å². The fourth-order valence-corrected chi connectivity index (χ4v) is 4.36. The summed E-state index contributed by atoms with van der Waals surface area (Å²) in [5.74, 6) is 0.818. The third-order valence-corrected chi connectivity index (χ3v) is 5.87. The maximum atomic E-state index is 6.34. The van der Waals surface area contributed by atoms with Crippen LogP contribution in [0.15, 0.2) is 47.6 Å². The van der Waals surface area contributed by atoms with Gasteiger partial charge in [0.05, 0.1) is 11.0 Å². The van der Waals surface area contributed by atoms with Gasteiger partial charge in [0.25, 0.3) is 0 Å². The fraction of sp³-hybridized carbons (Fsp3) is 0.333. The highest BCUT2D eigenvalue weighted by Gasteiger charge is 2.41. The van der Waals surface area contributed by atoms with E-state index in [1.807, 2.05) is 24.3 Å². The van der Waals surface area contributed by atoms with Crippen LogP contribution in [0.1, 0.15) is 44.3 Å². The Balaban J connectivity index is 0.00000180. The van der Waals surface area contributed by atoms with Gasteiger partial charge in [-0.1, -0.05) is 47.4 Å². The quantitative estimate of drug-likeness (QED) is 0.560. The predicted octanol–water partition coefficient (Wildman–Crippen LogP) is 6.13. The number of aromatic amines is 1. The van der Waals surface area contributed by atoms with Gasteiger partial charge in [0, 0.05) is 17.0 Å². The zero-order valence-electron chi connectivity index (χ0n) is 14.9. The zero-order valence-corrected chi connectivity index (χ0v) is 16.4. The van der Waals surface area contributed by atoms with Gasteiger partial charge in [0.1, 0.15) is 11.3 Å². The Morgan fingerprint density at radius 1 is 1.04 bits per heavy atom. The van der Waals surface area contributed by atoms with E-state index in [0.29, 0.717) is 0 Å². The first-order valence-electron chi connectivity index (χ1n) is 9.23. The first kappa shape index (κ1) is 18.3. The Morgan fingerprint density at radius 2 is 1.85 bits per heavy atom. The molecule has 0 atom stereocenters. The van der Waals surface area contributed by atoms with Crippen molar-refractivity contribution in [1.82, 2.24) is 9.97 Å². The molecule has 0 saturated heterocycles. The van der Waals surface area contributed by atoms with Crippen molar-refractivity contribution in [1.29, 1.82) is 0 Å². The van der Waals surface area contributed by atoms with Gasteiger partial charge >= 0.3 is 0 Å². The van der Waals surface area contributed by atoms with Crippen molar-refractivity contribution < 1.29 is 4.84 Å². The second kappa shape index (κ2) is 7.17. The molecular formula is C21H21Cl2N3O. The third-order valence-electron chi connectivity index (χ3n) is 5.55. The minimum Gasteiger partial charge on any atom is -0.388 e. The molecule has 1 aliphatic carbocycles. The van der Waals surface area contributed by atoms with Crippen molar-refractivity contribution in [3.8, 4) is 11.1 Å². The second-order valence-corrected chi connectivity index (χ2v) is 7.75. The number of oxime groups is 1. The van der Waals surface area contributed by atoms with Crippen LogP contribution in [0.2, 0.25) is 5.02 Å². The molecule has 0 radical (unpaired) electrons. The van der Waals surface area contributed by atoms with Gasteiger partial charge in [-0.3, -0.25) is 0 Å². The molecule has 3 aromatic rings. The molecule has 1 N–H and O–H groups in total. The minimum absolute atomic E-state index is 0. The van der Waals surface area contributed by atoms with Crippen molar-refractivity contribution in [3.63, 3.8) is 0 Å². The number of hydrogen-bond donors (Lipinski definition) is 1. The van der Waals surface area contributed by atoms with Gasteiger partial charge in [-0.25, -0.2) is 4.98 Å². The summed E-state index contributed by atoms with van der Waals surface area (Å²) in [5.41, 5.74) is 4.85. The van der Waals surface area contributed by atoms with Gasteiger partial charge < -0.3 is 9.82 Å². The molecule has 0 unspecified atom stereocenters. The number of hydrogen-bond acceptors (Lipinski definition) is 3. The molecule has 1 aliphatic heterocycles. The Kier molecular flexibility index (Phi) is 4.87. The number of rotatable bonds is 2. The van der Waals surface area contributed by atoms with Gasteiger partial charge in [-0.2, -0.15) is 0 Å². The van der Waals surface area contributed by atoms with E-state index in [1.165, 1.54) is 19.3 Å².